The molecule has 5 nitrogen and oxygen atoms in total. The van der Waals surface area contributed by atoms with E-state index in [1.807, 2.05) is 66.4 Å². The summed E-state index contributed by atoms with van der Waals surface area (Å²) < 4.78 is 1.92. The van der Waals surface area contributed by atoms with E-state index in [0.29, 0.717) is 0 Å². The Hall–Kier alpha value is -2.12. The Morgan fingerprint density at radius 1 is 1.22 bits per heavy atom. The molecule has 0 bridgehead atoms. The van der Waals surface area contributed by atoms with Crippen molar-refractivity contribution in [1.29, 1.82) is 0 Å². The summed E-state index contributed by atoms with van der Waals surface area (Å²) >= 11 is 3.02. The smallest absolute Gasteiger partial charge is 0.237 e. The Morgan fingerprint density at radius 3 is 2.70 bits per heavy atom. The average molecular weight is 344 g/mol. The maximum Gasteiger partial charge on any atom is 0.237 e. The summed E-state index contributed by atoms with van der Waals surface area (Å²) in [5.41, 5.74) is 0.794. The summed E-state index contributed by atoms with van der Waals surface area (Å²) in [6, 6.07) is 13.4. The number of carbonyl (C=O) groups excluding carboxylic acids is 1. The van der Waals surface area contributed by atoms with E-state index in [4.69, 9.17) is 0 Å². The molecule has 3 aromatic rings. The Bertz CT molecular complexity index is 784. The third-order valence-corrected chi connectivity index (χ3v) is 5.27. The van der Waals surface area contributed by atoms with E-state index in [2.05, 4.69) is 15.5 Å². The van der Waals surface area contributed by atoms with E-state index in [9.17, 15) is 4.79 Å². The summed E-state index contributed by atoms with van der Waals surface area (Å²) in [5.74, 6) is 0.764. The van der Waals surface area contributed by atoms with Gasteiger partial charge in [-0.2, -0.15) is 0 Å². The van der Waals surface area contributed by atoms with Gasteiger partial charge in [-0.1, -0.05) is 36.0 Å². The summed E-state index contributed by atoms with van der Waals surface area (Å²) in [7, 11) is 1.92. The van der Waals surface area contributed by atoms with Crippen LogP contribution in [0.5, 0.6) is 0 Å². The second kappa shape index (κ2) is 6.97. The van der Waals surface area contributed by atoms with Crippen LogP contribution in [0.1, 0.15) is 6.92 Å². The number of carbonyl (C=O) groups is 1. The molecule has 2 heterocycles. The number of thiophene rings is 1. The highest BCUT2D eigenvalue weighted by Crippen LogP contribution is 2.28. The van der Waals surface area contributed by atoms with Crippen molar-refractivity contribution in [2.45, 2.75) is 17.3 Å². The minimum Gasteiger partial charge on any atom is -0.325 e. The van der Waals surface area contributed by atoms with Crippen molar-refractivity contribution < 1.29 is 4.79 Å². The van der Waals surface area contributed by atoms with Gasteiger partial charge in [0.2, 0.25) is 5.91 Å². The normalized spacial score (nSPS) is 12.1. The molecule has 0 aliphatic carbocycles. The van der Waals surface area contributed by atoms with Crippen molar-refractivity contribution in [2.24, 2.45) is 7.05 Å². The van der Waals surface area contributed by atoms with Gasteiger partial charge in [-0.3, -0.25) is 4.79 Å². The lowest BCUT2D eigenvalue weighted by Gasteiger charge is -2.11. The van der Waals surface area contributed by atoms with Gasteiger partial charge < -0.3 is 9.88 Å². The quantitative estimate of drug-likeness (QED) is 0.718. The van der Waals surface area contributed by atoms with Gasteiger partial charge in [0.1, 0.15) is 0 Å². The molecule has 3 rings (SSSR count). The SMILES string of the molecule is C[C@@H](Sc1nnc(-c2cccs2)n1C)C(=O)Nc1ccccc1. The Morgan fingerprint density at radius 2 is 2.00 bits per heavy atom. The molecule has 2 aromatic heterocycles. The molecule has 1 aromatic carbocycles. The molecular weight excluding hydrogens is 328 g/mol. The number of rotatable bonds is 5. The Balaban J connectivity index is 1.68. The maximum absolute atomic E-state index is 12.3. The van der Waals surface area contributed by atoms with E-state index >= 15 is 0 Å². The first-order chi connectivity index (χ1) is 11.1. The van der Waals surface area contributed by atoms with Crippen LogP contribution < -0.4 is 5.32 Å². The number of anilines is 1. The molecule has 1 atom stereocenters. The van der Waals surface area contributed by atoms with E-state index in [-0.39, 0.29) is 11.2 Å². The highest BCUT2D eigenvalue weighted by molar-refractivity contribution is 8.00. The number of para-hydroxylation sites is 1. The Labute approximate surface area is 142 Å². The van der Waals surface area contributed by atoms with Gasteiger partial charge in [0, 0.05) is 12.7 Å². The largest absolute Gasteiger partial charge is 0.325 e. The number of nitrogens with zero attached hydrogens (tertiary/aromatic N) is 3. The predicted octanol–water partition coefficient (Wildman–Crippen LogP) is 3.66. The molecular formula is C16H16N4OS2. The van der Waals surface area contributed by atoms with Gasteiger partial charge >= 0.3 is 0 Å². The van der Waals surface area contributed by atoms with Gasteiger partial charge in [-0.05, 0) is 30.5 Å². The molecule has 118 valence electrons. The maximum atomic E-state index is 12.3. The summed E-state index contributed by atoms with van der Waals surface area (Å²) in [6.45, 7) is 1.86. The molecule has 0 aliphatic rings. The monoisotopic (exact) mass is 344 g/mol. The molecule has 0 radical (unpaired) electrons. The number of aromatic nitrogens is 3. The number of benzene rings is 1. The summed E-state index contributed by atoms with van der Waals surface area (Å²) in [6.07, 6.45) is 0. The third-order valence-electron chi connectivity index (χ3n) is 3.27. The highest BCUT2D eigenvalue weighted by atomic mass is 32.2. The van der Waals surface area contributed by atoms with Crippen LogP contribution in [0.25, 0.3) is 10.7 Å². The van der Waals surface area contributed by atoms with Gasteiger partial charge in [0.15, 0.2) is 11.0 Å². The molecule has 1 N–H and O–H groups in total. The molecule has 1 amide bonds. The fourth-order valence-electron chi connectivity index (χ4n) is 2.01. The van der Waals surface area contributed by atoms with E-state index in [0.717, 1.165) is 21.5 Å². The second-order valence-corrected chi connectivity index (χ2v) is 7.21. The fourth-order valence-corrected chi connectivity index (χ4v) is 3.57. The van der Waals surface area contributed by atoms with Gasteiger partial charge in [-0.15, -0.1) is 21.5 Å². The molecule has 0 spiro atoms. The minimum absolute atomic E-state index is 0.0538. The molecule has 0 unspecified atom stereocenters. The zero-order chi connectivity index (χ0) is 16.2. The van der Waals surface area contributed by atoms with Crippen LogP contribution in [-0.4, -0.2) is 25.9 Å². The fraction of sp³-hybridized carbons (Fsp3) is 0.188. The van der Waals surface area contributed by atoms with Gasteiger partial charge in [0.25, 0.3) is 0 Å². The average Bonchev–Trinajstić information content (AvgIpc) is 3.19. The van der Waals surface area contributed by atoms with E-state index in [1.165, 1.54) is 11.8 Å². The van der Waals surface area contributed by atoms with Crippen molar-refractivity contribution >= 4 is 34.7 Å². The lowest BCUT2D eigenvalue weighted by Crippen LogP contribution is -2.22. The van der Waals surface area contributed by atoms with Crippen molar-refractivity contribution in [3.63, 3.8) is 0 Å². The van der Waals surface area contributed by atoms with Crippen molar-refractivity contribution in [3.05, 3.63) is 47.8 Å². The number of hydrogen-bond donors (Lipinski definition) is 1. The van der Waals surface area contributed by atoms with Crippen LogP contribution in [0.4, 0.5) is 5.69 Å². The molecule has 0 saturated heterocycles. The minimum atomic E-state index is -0.269. The van der Waals surface area contributed by atoms with E-state index < -0.39 is 0 Å². The first kappa shape index (κ1) is 15.8. The third kappa shape index (κ3) is 3.62. The van der Waals surface area contributed by atoms with Crippen LogP contribution in [0.15, 0.2) is 53.0 Å². The lowest BCUT2D eigenvalue weighted by molar-refractivity contribution is -0.115. The van der Waals surface area contributed by atoms with Crippen LogP contribution in [0.3, 0.4) is 0 Å². The van der Waals surface area contributed by atoms with Crippen molar-refractivity contribution in [2.75, 3.05) is 5.32 Å². The van der Waals surface area contributed by atoms with E-state index in [1.54, 1.807) is 11.3 Å². The topological polar surface area (TPSA) is 59.8 Å². The standard InChI is InChI=1S/C16H16N4OS2/c1-11(15(21)17-12-7-4-3-5-8-12)23-16-19-18-14(20(16)2)13-9-6-10-22-13/h3-11H,1-2H3,(H,17,21)/t11-/m1/s1. The van der Waals surface area contributed by atoms with Crippen molar-refractivity contribution in [1.82, 2.24) is 14.8 Å². The van der Waals surface area contributed by atoms with Crippen molar-refractivity contribution in [3.8, 4) is 10.7 Å². The number of nitrogens with one attached hydrogen (secondary N) is 1. The highest BCUT2D eigenvalue weighted by Gasteiger charge is 2.19. The molecule has 0 saturated carbocycles. The number of amides is 1. The van der Waals surface area contributed by atoms with Crippen LogP contribution >= 0.6 is 23.1 Å². The van der Waals surface area contributed by atoms with Gasteiger partial charge in [-0.25, -0.2) is 0 Å². The molecule has 7 heteroatoms. The number of hydrogen-bond acceptors (Lipinski definition) is 5. The molecule has 0 fully saturated rings. The lowest BCUT2D eigenvalue weighted by atomic mass is 10.3. The summed E-state index contributed by atoms with van der Waals surface area (Å²) in [4.78, 5) is 13.3. The number of thioether (sulfide) groups is 1. The van der Waals surface area contributed by atoms with Crippen LogP contribution in [-0.2, 0) is 11.8 Å². The zero-order valence-electron chi connectivity index (χ0n) is 12.8. The zero-order valence-corrected chi connectivity index (χ0v) is 14.4. The molecule has 23 heavy (non-hydrogen) atoms. The Kier molecular flexibility index (Phi) is 4.78. The van der Waals surface area contributed by atoms with Crippen LogP contribution in [0.2, 0.25) is 0 Å². The first-order valence-corrected chi connectivity index (χ1v) is 8.87. The van der Waals surface area contributed by atoms with Gasteiger partial charge in [0.05, 0.1) is 10.1 Å². The first-order valence-electron chi connectivity index (χ1n) is 7.11. The predicted molar refractivity (Wildman–Crippen MR) is 94.7 cm³/mol. The summed E-state index contributed by atoms with van der Waals surface area (Å²) in [5, 5.41) is 13.8. The second-order valence-electron chi connectivity index (χ2n) is 4.96. The van der Waals surface area contributed by atoms with Crippen LogP contribution in [0, 0.1) is 0 Å². The molecule has 0 aliphatic heterocycles.